The minimum atomic E-state index is -0.527. The largest absolute Gasteiger partial charge is 0.374 e. The fourth-order valence-electron chi connectivity index (χ4n) is 7.54. The van der Waals surface area contributed by atoms with E-state index in [4.69, 9.17) is 35.3 Å². The second-order valence-electron chi connectivity index (χ2n) is 14.5. The summed E-state index contributed by atoms with van der Waals surface area (Å²) < 4.78 is 34.4. The van der Waals surface area contributed by atoms with Crippen LogP contribution >= 0.6 is 11.6 Å². The average Bonchev–Trinajstić information content (AvgIpc) is 3.22. The van der Waals surface area contributed by atoms with E-state index in [0.29, 0.717) is 33.0 Å². The molecule has 1 aliphatic heterocycles. The van der Waals surface area contributed by atoms with Crippen molar-refractivity contribution in [3.63, 3.8) is 0 Å². The van der Waals surface area contributed by atoms with Crippen molar-refractivity contribution < 1.29 is 23.7 Å². The molecular formula is C49H47ClO5. The van der Waals surface area contributed by atoms with Crippen molar-refractivity contribution >= 4 is 11.6 Å². The molecule has 0 aromatic heterocycles. The van der Waals surface area contributed by atoms with E-state index in [1.165, 1.54) is 16.7 Å². The zero-order valence-electron chi connectivity index (χ0n) is 31.0. The molecule has 0 amide bonds. The minimum Gasteiger partial charge on any atom is -0.374 e. The Labute approximate surface area is 329 Å². The van der Waals surface area contributed by atoms with Gasteiger partial charge in [0, 0.05) is 5.02 Å². The van der Waals surface area contributed by atoms with Gasteiger partial charge >= 0.3 is 0 Å². The first-order chi connectivity index (χ1) is 27.2. The van der Waals surface area contributed by atoms with Crippen LogP contribution in [0.3, 0.4) is 0 Å². The number of benzene rings is 6. The average molecular weight is 751 g/mol. The third-order valence-corrected chi connectivity index (χ3v) is 11.0. The van der Waals surface area contributed by atoms with E-state index >= 15 is 0 Å². The lowest BCUT2D eigenvalue weighted by molar-refractivity contribution is -0.275. The summed E-state index contributed by atoms with van der Waals surface area (Å²) in [5, 5.41) is 0.729. The quantitative estimate of drug-likeness (QED) is 0.0986. The van der Waals surface area contributed by atoms with Crippen LogP contribution < -0.4 is 0 Å². The van der Waals surface area contributed by atoms with Crippen LogP contribution in [0.2, 0.25) is 5.02 Å². The van der Waals surface area contributed by atoms with E-state index in [1.807, 2.05) is 78.9 Å². The van der Waals surface area contributed by atoms with Crippen molar-refractivity contribution in [2.45, 2.75) is 76.2 Å². The molecular weight excluding hydrogens is 704 g/mol. The van der Waals surface area contributed by atoms with Crippen LogP contribution in [-0.2, 0) is 69.4 Å². The molecule has 2 aliphatic rings. The predicted molar refractivity (Wildman–Crippen MR) is 217 cm³/mol. The summed E-state index contributed by atoms with van der Waals surface area (Å²) >= 11 is 6.94. The zero-order chi connectivity index (χ0) is 37.2. The first-order valence-electron chi connectivity index (χ1n) is 19.3. The van der Waals surface area contributed by atoms with Gasteiger partial charge in [-0.3, -0.25) is 0 Å². The van der Waals surface area contributed by atoms with E-state index in [9.17, 15) is 0 Å². The third-order valence-electron chi connectivity index (χ3n) is 10.6. The number of ether oxygens (including phenoxy) is 5. The highest BCUT2D eigenvalue weighted by molar-refractivity contribution is 6.31. The summed E-state index contributed by atoms with van der Waals surface area (Å²) in [6, 6.07) is 54.0. The van der Waals surface area contributed by atoms with Crippen molar-refractivity contribution in [2.75, 3.05) is 6.61 Å². The number of hydrogen-bond donors (Lipinski definition) is 0. The maximum Gasteiger partial charge on any atom is 0.117 e. The lowest BCUT2D eigenvalue weighted by Gasteiger charge is -2.46. The van der Waals surface area contributed by atoms with Crippen molar-refractivity contribution in [1.29, 1.82) is 0 Å². The maximum absolute atomic E-state index is 7.19. The van der Waals surface area contributed by atoms with Gasteiger partial charge in [-0.2, -0.15) is 0 Å². The normalized spacial score (nSPS) is 20.4. The molecule has 0 saturated carbocycles. The van der Waals surface area contributed by atoms with Crippen LogP contribution in [0.15, 0.2) is 158 Å². The SMILES string of the molecule is Clc1ccc([C@@H]2O[C@H](COCc3ccccc3)[C@@H](OCc3ccccc3)[C@H](OCc3ccccc3)[C@H]2OCc2ccccc2)cc1Cc1ccc2c(c1)CC2. The van der Waals surface area contributed by atoms with E-state index < -0.39 is 30.5 Å². The molecule has 6 aromatic carbocycles. The van der Waals surface area contributed by atoms with Gasteiger partial charge < -0.3 is 23.7 Å². The van der Waals surface area contributed by atoms with Crippen molar-refractivity contribution in [1.82, 2.24) is 0 Å². The molecule has 8 rings (SSSR count). The van der Waals surface area contributed by atoms with Crippen molar-refractivity contribution in [2.24, 2.45) is 0 Å². The van der Waals surface area contributed by atoms with Crippen LogP contribution in [0.5, 0.6) is 0 Å². The highest BCUT2D eigenvalue weighted by Gasteiger charge is 2.49. The molecule has 1 saturated heterocycles. The Morgan fingerprint density at radius 2 is 1.02 bits per heavy atom. The van der Waals surface area contributed by atoms with Crippen LogP contribution in [0, 0.1) is 0 Å². The van der Waals surface area contributed by atoms with Gasteiger partial charge in [-0.1, -0.05) is 163 Å². The first kappa shape index (κ1) is 37.3. The highest BCUT2D eigenvalue weighted by atomic mass is 35.5. The maximum atomic E-state index is 7.19. The van der Waals surface area contributed by atoms with Gasteiger partial charge in [-0.15, -0.1) is 0 Å². The van der Waals surface area contributed by atoms with Crippen molar-refractivity contribution in [3.8, 4) is 0 Å². The second-order valence-corrected chi connectivity index (χ2v) is 14.9. The first-order valence-corrected chi connectivity index (χ1v) is 19.7. The molecule has 6 heteroatoms. The van der Waals surface area contributed by atoms with Crippen LogP contribution in [0.1, 0.15) is 56.2 Å². The molecule has 0 spiro atoms. The Kier molecular flexibility index (Phi) is 12.5. The molecule has 6 aromatic rings. The second kappa shape index (κ2) is 18.4. The molecule has 1 heterocycles. The van der Waals surface area contributed by atoms with Crippen LogP contribution in [0.25, 0.3) is 0 Å². The third kappa shape index (κ3) is 9.63. The standard InChI is InChI=1S/C49H47ClO5/c50-44-26-25-42(29-43(44)28-39-21-22-40-23-24-41(40)27-39)46-48(53-32-37-17-9-3-10-18-37)49(54-33-38-19-11-4-12-20-38)47(52-31-36-15-7-2-8-16-36)45(55-46)34-51-30-35-13-5-1-6-14-35/h1-22,25-27,29,45-49H,23-24,28,30-34H2/t45-,46+,47-,48+,49+/m1/s1. The molecule has 1 aliphatic carbocycles. The summed E-state index contributed by atoms with van der Waals surface area (Å²) in [7, 11) is 0. The monoisotopic (exact) mass is 750 g/mol. The molecule has 55 heavy (non-hydrogen) atoms. The fourth-order valence-corrected chi connectivity index (χ4v) is 7.73. The number of hydrogen-bond acceptors (Lipinski definition) is 5. The Hall–Kier alpha value is -4.59. The van der Waals surface area contributed by atoms with Crippen molar-refractivity contribution in [3.05, 3.63) is 213 Å². The van der Waals surface area contributed by atoms with E-state index in [-0.39, 0.29) is 0 Å². The van der Waals surface area contributed by atoms with Gasteiger partial charge in [0.15, 0.2) is 0 Å². The fraction of sp³-hybridized carbons (Fsp3) is 0.265. The van der Waals surface area contributed by atoms with E-state index in [1.54, 1.807) is 0 Å². The van der Waals surface area contributed by atoms with Crippen LogP contribution in [-0.4, -0.2) is 31.0 Å². The molecule has 280 valence electrons. The summed E-state index contributed by atoms with van der Waals surface area (Å²) in [5.74, 6) is 0. The molecule has 0 radical (unpaired) electrons. The molecule has 0 N–H and O–H groups in total. The number of rotatable bonds is 16. The number of halogens is 1. The van der Waals surface area contributed by atoms with Gasteiger partial charge in [-0.05, 0) is 75.4 Å². The Morgan fingerprint density at radius 3 is 1.56 bits per heavy atom. The van der Waals surface area contributed by atoms with Gasteiger partial charge in [-0.25, -0.2) is 0 Å². The Balaban J connectivity index is 1.15. The lowest BCUT2D eigenvalue weighted by atomic mass is 9.86. The summed E-state index contributed by atoms with van der Waals surface area (Å²) in [6.07, 6.45) is 0.507. The summed E-state index contributed by atoms with van der Waals surface area (Å²) in [5.41, 5.74) is 10.5. The predicted octanol–water partition coefficient (Wildman–Crippen LogP) is 10.4. The highest BCUT2D eigenvalue weighted by Crippen LogP contribution is 2.40. The van der Waals surface area contributed by atoms with Gasteiger partial charge in [0.1, 0.15) is 30.5 Å². The van der Waals surface area contributed by atoms with Crippen LogP contribution in [0.4, 0.5) is 0 Å². The van der Waals surface area contributed by atoms with Gasteiger partial charge in [0.2, 0.25) is 0 Å². The molecule has 0 unspecified atom stereocenters. The van der Waals surface area contributed by atoms with Gasteiger partial charge in [0.25, 0.3) is 0 Å². The zero-order valence-corrected chi connectivity index (χ0v) is 31.7. The summed E-state index contributed by atoms with van der Waals surface area (Å²) in [4.78, 5) is 0. The lowest BCUT2D eigenvalue weighted by Crippen LogP contribution is -2.58. The van der Waals surface area contributed by atoms with Gasteiger partial charge in [0.05, 0.1) is 33.0 Å². The summed E-state index contributed by atoms with van der Waals surface area (Å²) in [6.45, 7) is 1.91. The molecule has 5 atom stereocenters. The topological polar surface area (TPSA) is 46.2 Å². The number of aryl methyl sites for hydroxylation is 2. The minimum absolute atomic E-state index is 0.303. The van der Waals surface area contributed by atoms with E-state index in [2.05, 4.69) is 78.9 Å². The Morgan fingerprint density at radius 1 is 0.491 bits per heavy atom. The van der Waals surface area contributed by atoms with E-state index in [0.717, 1.165) is 57.7 Å². The number of fused-ring (bicyclic) bond motifs is 1. The molecule has 5 nitrogen and oxygen atoms in total. The smallest absolute Gasteiger partial charge is 0.117 e. The molecule has 1 fully saturated rings. The Bertz CT molecular complexity index is 2090. The molecule has 0 bridgehead atoms.